The van der Waals surface area contributed by atoms with Crippen molar-refractivity contribution in [3.05, 3.63) is 0 Å². The van der Waals surface area contributed by atoms with Crippen LogP contribution in [0.15, 0.2) is 0 Å². The van der Waals surface area contributed by atoms with E-state index in [1.807, 2.05) is 0 Å². The SMILES string of the molecule is CCCCCCCCN(CC)CCCCl. The van der Waals surface area contributed by atoms with Crippen LogP contribution in [-0.4, -0.2) is 30.4 Å². The van der Waals surface area contributed by atoms with E-state index in [0.29, 0.717) is 0 Å². The summed E-state index contributed by atoms with van der Waals surface area (Å²) in [5.74, 6) is 0.799. The van der Waals surface area contributed by atoms with Crippen molar-refractivity contribution in [2.75, 3.05) is 25.5 Å². The molecule has 0 rings (SSSR count). The number of hydrogen-bond donors (Lipinski definition) is 0. The summed E-state index contributed by atoms with van der Waals surface area (Å²) in [6.45, 7) is 8.12. The first-order valence-electron chi connectivity index (χ1n) is 6.63. The minimum atomic E-state index is 0.799. The predicted molar refractivity (Wildman–Crippen MR) is 70.8 cm³/mol. The van der Waals surface area contributed by atoms with Crippen LogP contribution in [0.2, 0.25) is 0 Å². The Hall–Kier alpha value is 0.250. The van der Waals surface area contributed by atoms with Crippen LogP contribution in [0.1, 0.15) is 58.8 Å². The van der Waals surface area contributed by atoms with E-state index >= 15 is 0 Å². The number of alkyl halides is 1. The molecule has 0 heterocycles. The summed E-state index contributed by atoms with van der Waals surface area (Å²) in [4.78, 5) is 2.52. The number of halogens is 1. The Balaban J connectivity index is 3.22. The van der Waals surface area contributed by atoms with Gasteiger partial charge in [-0.05, 0) is 32.5 Å². The van der Waals surface area contributed by atoms with Gasteiger partial charge in [0.1, 0.15) is 0 Å². The molecule has 0 fully saturated rings. The monoisotopic (exact) mass is 233 g/mol. The molecule has 0 saturated carbocycles. The molecule has 0 radical (unpaired) electrons. The van der Waals surface area contributed by atoms with Gasteiger partial charge in [-0.25, -0.2) is 0 Å². The second kappa shape index (κ2) is 12.3. The van der Waals surface area contributed by atoms with Crippen molar-refractivity contribution in [3.8, 4) is 0 Å². The summed E-state index contributed by atoms with van der Waals surface area (Å²) in [5.41, 5.74) is 0. The standard InChI is InChI=1S/C13H28ClN/c1-3-5-6-7-8-9-12-15(4-2)13-10-11-14/h3-13H2,1-2H3. The lowest BCUT2D eigenvalue weighted by Gasteiger charge is -2.19. The Morgan fingerprint density at radius 1 is 0.800 bits per heavy atom. The van der Waals surface area contributed by atoms with Crippen LogP contribution in [0.5, 0.6) is 0 Å². The Morgan fingerprint density at radius 3 is 2.00 bits per heavy atom. The van der Waals surface area contributed by atoms with Gasteiger partial charge in [-0.1, -0.05) is 46.0 Å². The maximum absolute atomic E-state index is 5.69. The molecule has 92 valence electrons. The molecule has 0 amide bonds. The molecule has 0 spiro atoms. The zero-order chi connectivity index (χ0) is 11.4. The van der Waals surface area contributed by atoms with Gasteiger partial charge in [0.05, 0.1) is 0 Å². The van der Waals surface area contributed by atoms with E-state index in [0.717, 1.165) is 12.3 Å². The quantitative estimate of drug-likeness (QED) is 0.380. The Morgan fingerprint density at radius 2 is 1.40 bits per heavy atom. The van der Waals surface area contributed by atoms with Gasteiger partial charge in [0, 0.05) is 5.88 Å². The highest BCUT2D eigenvalue weighted by molar-refractivity contribution is 6.17. The smallest absolute Gasteiger partial charge is 0.0235 e. The maximum Gasteiger partial charge on any atom is 0.0235 e. The summed E-state index contributed by atoms with van der Waals surface area (Å²) < 4.78 is 0. The van der Waals surface area contributed by atoms with E-state index < -0.39 is 0 Å². The van der Waals surface area contributed by atoms with E-state index in [4.69, 9.17) is 11.6 Å². The summed E-state index contributed by atoms with van der Waals surface area (Å²) in [7, 11) is 0. The van der Waals surface area contributed by atoms with Gasteiger partial charge in [0.25, 0.3) is 0 Å². The van der Waals surface area contributed by atoms with E-state index in [1.54, 1.807) is 0 Å². The van der Waals surface area contributed by atoms with Gasteiger partial charge in [0.2, 0.25) is 0 Å². The van der Waals surface area contributed by atoms with Gasteiger partial charge in [-0.2, -0.15) is 0 Å². The Bertz CT molecular complexity index is 117. The van der Waals surface area contributed by atoms with Crippen LogP contribution < -0.4 is 0 Å². The van der Waals surface area contributed by atoms with E-state index in [9.17, 15) is 0 Å². The molecule has 0 aliphatic carbocycles. The van der Waals surface area contributed by atoms with E-state index in [-0.39, 0.29) is 0 Å². The summed E-state index contributed by atoms with van der Waals surface area (Å²) >= 11 is 5.69. The number of hydrogen-bond acceptors (Lipinski definition) is 1. The minimum absolute atomic E-state index is 0.799. The predicted octanol–water partition coefficient (Wildman–Crippen LogP) is 4.30. The van der Waals surface area contributed by atoms with Gasteiger partial charge < -0.3 is 4.90 Å². The fraction of sp³-hybridized carbons (Fsp3) is 1.00. The Labute approximate surface area is 101 Å². The fourth-order valence-electron chi connectivity index (χ4n) is 1.83. The average Bonchev–Trinajstić information content (AvgIpc) is 2.27. The lowest BCUT2D eigenvalue weighted by Crippen LogP contribution is -2.25. The van der Waals surface area contributed by atoms with E-state index in [1.165, 1.54) is 58.2 Å². The molecule has 0 bridgehead atoms. The lowest BCUT2D eigenvalue weighted by molar-refractivity contribution is 0.281. The molecular weight excluding hydrogens is 206 g/mol. The van der Waals surface area contributed by atoms with Crippen molar-refractivity contribution in [1.82, 2.24) is 4.90 Å². The second-order valence-corrected chi connectivity index (χ2v) is 4.62. The minimum Gasteiger partial charge on any atom is -0.304 e. The molecule has 0 atom stereocenters. The first kappa shape index (κ1) is 15.2. The largest absolute Gasteiger partial charge is 0.304 e. The molecule has 0 aromatic carbocycles. The average molecular weight is 234 g/mol. The number of rotatable bonds is 11. The molecule has 0 aliphatic rings. The van der Waals surface area contributed by atoms with Gasteiger partial charge in [-0.15, -0.1) is 11.6 Å². The normalized spacial score (nSPS) is 11.2. The van der Waals surface area contributed by atoms with Crippen molar-refractivity contribution in [3.63, 3.8) is 0 Å². The molecule has 1 nitrogen and oxygen atoms in total. The summed E-state index contributed by atoms with van der Waals surface area (Å²) in [5, 5.41) is 0. The third kappa shape index (κ3) is 10.5. The summed E-state index contributed by atoms with van der Waals surface area (Å²) in [6.07, 6.45) is 9.48. The zero-order valence-corrected chi connectivity index (χ0v) is 11.4. The van der Waals surface area contributed by atoms with Crippen LogP contribution in [0.3, 0.4) is 0 Å². The highest BCUT2D eigenvalue weighted by atomic mass is 35.5. The van der Waals surface area contributed by atoms with Crippen LogP contribution in [-0.2, 0) is 0 Å². The van der Waals surface area contributed by atoms with Crippen molar-refractivity contribution in [2.45, 2.75) is 58.8 Å². The van der Waals surface area contributed by atoms with Gasteiger partial charge in [0.15, 0.2) is 0 Å². The first-order valence-corrected chi connectivity index (χ1v) is 7.16. The third-order valence-electron chi connectivity index (χ3n) is 2.88. The number of nitrogens with zero attached hydrogens (tertiary/aromatic N) is 1. The van der Waals surface area contributed by atoms with Crippen LogP contribution >= 0.6 is 11.6 Å². The van der Waals surface area contributed by atoms with Crippen LogP contribution in [0, 0.1) is 0 Å². The Kier molecular flexibility index (Phi) is 12.5. The van der Waals surface area contributed by atoms with Crippen LogP contribution in [0.4, 0.5) is 0 Å². The van der Waals surface area contributed by atoms with Crippen molar-refractivity contribution >= 4 is 11.6 Å². The summed E-state index contributed by atoms with van der Waals surface area (Å²) in [6, 6.07) is 0. The first-order chi connectivity index (χ1) is 7.35. The molecule has 0 aromatic heterocycles. The third-order valence-corrected chi connectivity index (χ3v) is 3.15. The molecule has 2 heteroatoms. The van der Waals surface area contributed by atoms with Gasteiger partial charge >= 0.3 is 0 Å². The molecule has 0 unspecified atom stereocenters. The van der Waals surface area contributed by atoms with Gasteiger partial charge in [-0.3, -0.25) is 0 Å². The molecule has 0 aromatic rings. The second-order valence-electron chi connectivity index (χ2n) is 4.24. The molecule has 0 saturated heterocycles. The molecule has 15 heavy (non-hydrogen) atoms. The molecule has 0 N–H and O–H groups in total. The lowest BCUT2D eigenvalue weighted by atomic mass is 10.1. The van der Waals surface area contributed by atoms with Crippen molar-refractivity contribution in [2.24, 2.45) is 0 Å². The zero-order valence-electron chi connectivity index (χ0n) is 10.6. The maximum atomic E-state index is 5.69. The molecule has 0 aliphatic heterocycles. The highest BCUT2D eigenvalue weighted by Gasteiger charge is 2.00. The highest BCUT2D eigenvalue weighted by Crippen LogP contribution is 2.06. The van der Waals surface area contributed by atoms with E-state index in [2.05, 4.69) is 18.7 Å². The van der Waals surface area contributed by atoms with Crippen molar-refractivity contribution in [1.29, 1.82) is 0 Å². The fourth-order valence-corrected chi connectivity index (χ4v) is 1.95. The van der Waals surface area contributed by atoms with Crippen LogP contribution in [0.25, 0.3) is 0 Å². The topological polar surface area (TPSA) is 3.24 Å². The van der Waals surface area contributed by atoms with Crippen molar-refractivity contribution < 1.29 is 0 Å². The molecular formula is C13H28ClN. The number of unbranched alkanes of at least 4 members (excludes halogenated alkanes) is 5.